The zero-order valence-electron chi connectivity index (χ0n) is 19.7. The van der Waals surface area contributed by atoms with Crippen molar-refractivity contribution in [3.63, 3.8) is 0 Å². The average molecular weight is 492 g/mol. The number of rotatable bonds is 9. The van der Waals surface area contributed by atoms with Gasteiger partial charge in [0.05, 0.1) is 11.9 Å². The average Bonchev–Trinajstić information content (AvgIpc) is 2.78. The van der Waals surface area contributed by atoms with Crippen LogP contribution in [0.4, 0.5) is 5.69 Å². The zero-order valence-corrected chi connectivity index (χ0v) is 21.3. The van der Waals surface area contributed by atoms with Crippen molar-refractivity contribution in [3.05, 3.63) is 64.2 Å². The van der Waals surface area contributed by atoms with Crippen LogP contribution in [0.5, 0.6) is 0 Å². The van der Waals surface area contributed by atoms with Gasteiger partial charge in [-0.2, -0.15) is 0 Å². The van der Waals surface area contributed by atoms with Crippen LogP contribution in [-0.4, -0.2) is 44.6 Å². The topological polar surface area (TPSA) is 69.7 Å². The number of amides is 1. The first-order valence-electron chi connectivity index (χ1n) is 11.5. The number of carbonyl (C=O) groups is 1. The Balaban J connectivity index is 1.78. The van der Waals surface area contributed by atoms with Gasteiger partial charge < -0.3 is 5.32 Å². The highest BCUT2D eigenvalue weighted by Crippen LogP contribution is 2.29. The molecule has 180 valence electrons. The number of benzene rings is 2. The summed E-state index contributed by atoms with van der Waals surface area (Å²) in [5, 5.41) is 3.41. The Hall–Kier alpha value is -2.09. The fourth-order valence-electron chi connectivity index (χ4n) is 4.40. The Morgan fingerprint density at radius 1 is 1.12 bits per heavy atom. The van der Waals surface area contributed by atoms with Crippen LogP contribution in [0.1, 0.15) is 49.3 Å². The number of halogens is 1. The molecule has 1 aliphatic heterocycles. The molecular formula is C25H34ClN3O3S. The van der Waals surface area contributed by atoms with Crippen molar-refractivity contribution >= 4 is 33.2 Å². The SMILES string of the molecule is CCC(C(=O)NCc1ccccc1CN1CCCCC1)N(c1cc(Cl)ccc1C)S(C)(=O)=O. The lowest BCUT2D eigenvalue weighted by Gasteiger charge is -2.31. The van der Waals surface area contributed by atoms with Crippen molar-refractivity contribution < 1.29 is 13.2 Å². The predicted octanol–water partition coefficient (Wildman–Crippen LogP) is 4.50. The van der Waals surface area contributed by atoms with E-state index in [1.807, 2.05) is 32.0 Å². The minimum absolute atomic E-state index is 0.324. The molecule has 0 saturated carbocycles. The molecule has 6 nitrogen and oxygen atoms in total. The molecule has 1 unspecified atom stereocenters. The summed E-state index contributed by atoms with van der Waals surface area (Å²) in [6.07, 6.45) is 5.19. The number of hydrogen-bond acceptors (Lipinski definition) is 4. The predicted molar refractivity (Wildman–Crippen MR) is 135 cm³/mol. The molecule has 1 N–H and O–H groups in total. The summed E-state index contributed by atoms with van der Waals surface area (Å²) in [4.78, 5) is 15.7. The molecule has 33 heavy (non-hydrogen) atoms. The molecule has 8 heteroatoms. The van der Waals surface area contributed by atoms with Gasteiger partial charge in [0.1, 0.15) is 6.04 Å². The van der Waals surface area contributed by atoms with Crippen molar-refractivity contribution in [2.24, 2.45) is 0 Å². The summed E-state index contributed by atoms with van der Waals surface area (Å²) in [5.74, 6) is -0.324. The number of sulfonamides is 1. The lowest BCUT2D eigenvalue weighted by atomic mass is 10.0. The van der Waals surface area contributed by atoms with E-state index in [2.05, 4.69) is 16.3 Å². The second-order valence-electron chi connectivity index (χ2n) is 8.74. The minimum atomic E-state index is -3.72. The van der Waals surface area contributed by atoms with E-state index in [0.717, 1.165) is 37.0 Å². The fourth-order valence-corrected chi connectivity index (χ4v) is 5.83. The molecule has 2 aromatic rings. The first kappa shape index (κ1) is 25.5. The standard InChI is InChI=1S/C25H34ClN3O3S/c1-4-23(29(33(3,31)32)24-16-22(26)13-12-19(24)2)25(30)27-17-20-10-6-7-11-21(20)18-28-14-8-5-9-15-28/h6-7,10-13,16,23H,4-5,8-9,14-15,17-18H2,1-3H3,(H,27,30). The maximum absolute atomic E-state index is 13.2. The van der Waals surface area contributed by atoms with E-state index < -0.39 is 16.1 Å². The third-order valence-corrected chi connectivity index (χ3v) is 7.55. The maximum Gasteiger partial charge on any atom is 0.244 e. The Morgan fingerprint density at radius 3 is 2.42 bits per heavy atom. The molecule has 1 saturated heterocycles. The lowest BCUT2D eigenvalue weighted by molar-refractivity contribution is -0.122. The molecule has 0 bridgehead atoms. The molecule has 1 fully saturated rings. The number of nitrogens with zero attached hydrogens (tertiary/aromatic N) is 2. The van der Waals surface area contributed by atoms with E-state index in [9.17, 15) is 13.2 Å². The van der Waals surface area contributed by atoms with Gasteiger partial charge in [0.15, 0.2) is 0 Å². The largest absolute Gasteiger partial charge is 0.350 e. The van der Waals surface area contributed by atoms with Crippen molar-refractivity contribution in [2.75, 3.05) is 23.7 Å². The van der Waals surface area contributed by atoms with Crippen molar-refractivity contribution in [1.82, 2.24) is 10.2 Å². The lowest BCUT2D eigenvalue weighted by Crippen LogP contribution is -2.49. The second-order valence-corrected chi connectivity index (χ2v) is 11.0. The van der Waals surface area contributed by atoms with Crippen molar-refractivity contribution in [3.8, 4) is 0 Å². The van der Waals surface area contributed by atoms with Crippen LogP contribution in [-0.2, 0) is 27.9 Å². The number of hydrogen-bond donors (Lipinski definition) is 1. The van der Waals surface area contributed by atoms with Gasteiger partial charge in [0.2, 0.25) is 15.9 Å². The van der Waals surface area contributed by atoms with E-state index >= 15 is 0 Å². The van der Waals surface area contributed by atoms with Crippen LogP contribution in [0.15, 0.2) is 42.5 Å². The Morgan fingerprint density at radius 2 is 1.79 bits per heavy atom. The molecule has 0 spiro atoms. The van der Waals surface area contributed by atoms with E-state index in [4.69, 9.17) is 11.6 Å². The smallest absolute Gasteiger partial charge is 0.244 e. The van der Waals surface area contributed by atoms with E-state index in [1.54, 1.807) is 18.2 Å². The number of nitrogens with one attached hydrogen (secondary N) is 1. The van der Waals surface area contributed by atoms with Gasteiger partial charge in [0.25, 0.3) is 0 Å². The highest BCUT2D eigenvalue weighted by atomic mass is 35.5. The highest BCUT2D eigenvalue weighted by molar-refractivity contribution is 7.92. The van der Waals surface area contributed by atoms with Gasteiger partial charge in [-0.3, -0.25) is 14.0 Å². The summed E-state index contributed by atoms with van der Waals surface area (Å²) >= 11 is 6.15. The summed E-state index contributed by atoms with van der Waals surface area (Å²) in [7, 11) is -3.72. The van der Waals surface area contributed by atoms with Gasteiger partial charge in [-0.15, -0.1) is 0 Å². The Bertz CT molecular complexity index is 1070. The summed E-state index contributed by atoms with van der Waals surface area (Å²) < 4.78 is 26.7. The zero-order chi connectivity index (χ0) is 24.0. The number of likely N-dealkylation sites (tertiary alicyclic amines) is 1. The van der Waals surface area contributed by atoms with Crippen LogP contribution in [0.3, 0.4) is 0 Å². The number of piperidine rings is 1. The van der Waals surface area contributed by atoms with E-state index in [1.165, 1.54) is 29.1 Å². The molecule has 1 heterocycles. The molecule has 0 aromatic heterocycles. The summed E-state index contributed by atoms with van der Waals surface area (Å²) in [5.41, 5.74) is 3.41. The quantitative estimate of drug-likeness (QED) is 0.561. The maximum atomic E-state index is 13.2. The highest BCUT2D eigenvalue weighted by Gasteiger charge is 2.32. The molecule has 1 aliphatic rings. The van der Waals surface area contributed by atoms with Crippen LogP contribution < -0.4 is 9.62 Å². The molecule has 0 radical (unpaired) electrons. The van der Waals surface area contributed by atoms with Gasteiger partial charge >= 0.3 is 0 Å². The van der Waals surface area contributed by atoms with Crippen molar-refractivity contribution in [2.45, 2.75) is 58.7 Å². The summed E-state index contributed by atoms with van der Waals surface area (Å²) in [6, 6.07) is 12.3. The van der Waals surface area contributed by atoms with Crippen LogP contribution >= 0.6 is 11.6 Å². The monoisotopic (exact) mass is 491 g/mol. The number of aryl methyl sites for hydroxylation is 1. The first-order valence-corrected chi connectivity index (χ1v) is 13.8. The van der Waals surface area contributed by atoms with Crippen LogP contribution in [0.25, 0.3) is 0 Å². The van der Waals surface area contributed by atoms with E-state index in [-0.39, 0.29) is 5.91 Å². The van der Waals surface area contributed by atoms with Crippen LogP contribution in [0.2, 0.25) is 5.02 Å². The number of anilines is 1. The Labute approximate surface area is 203 Å². The fraction of sp³-hybridized carbons (Fsp3) is 0.480. The van der Waals surface area contributed by atoms with Gasteiger partial charge in [-0.05, 0) is 68.1 Å². The molecule has 2 aromatic carbocycles. The first-order chi connectivity index (χ1) is 15.7. The summed E-state index contributed by atoms with van der Waals surface area (Å²) in [6.45, 7) is 7.03. The minimum Gasteiger partial charge on any atom is -0.350 e. The molecule has 0 aliphatic carbocycles. The van der Waals surface area contributed by atoms with Gasteiger partial charge in [-0.25, -0.2) is 8.42 Å². The van der Waals surface area contributed by atoms with Crippen LogP contribution in [0, 0.1) is 6.92 Å². The third-order valence-electron chi connectivity index (χ3n) is 6.15. The molecule has 3 rings (SSSR count). The molecular weight excluding hydrogens is 458 g/mol. The molecule has 1 amide bonds. The Kier molecular flexibility index (Phi) is 8.79. The van der Waals surface area contributed by atoms with Gasteiger partial charge in [-0.1, -0.05) is 55.3 Å². The van der Waals surface area contributed by atoms with E-state index in [0.29, 0.717) is 23.7 Å². The number of carbonyl (C=O) groups excluding carboxylic acids is 1. The molecule has 1 atom stereocenters. The normalized spacial score (nSPS) is 15.8. The third kappa shape index (κ3) is 6.71. The van der Waals surface area contributed by atoms with Crippen molar-refractivity contribution in [1.29, 1.82) is 0 Å². The van der Waals surface area contributed by atoms with Gasteiger partial charge in [0, 0.05) is 18.1 Å². The second kappa shape index (κ2) is 11.4.